The van der Waals surface area contributed by atoms with Crippen molar-refractivity contribution in [2.45, 2.75) is 103 Å². The van der Waals surface area contributed by atoms with Crippen molar-refractivity contribution >= 4 is 23.3 Å². The summed E-state index contributed by atoms with van der Waals surface area (Å²) in [6.07, 6.45) is 8.58. The van der Waals surface area contributed by atoms with E-state index >= 15 is 0 Å². The van der Waals surface area contributed by atoms with Crippen LogP contribution < -0.4 is 5.32 Å². The third-order valence-corrected chi connectivity index (χ3v) is 12.9. The zero-order chi connectivity index (χ0) is 29.7. The third-order valence-electron chi connectivity index (χ3n) is 12.9. The number of esters is 1. The molecular formula is C36H49NO5. The van der Waals surface area contributed by atoms with Gasteiger partial charge in [0.1, 0.15) is 23.0 Å². The lowest BCUT2D eigenvalue weighted by atomic mass is 9.44. The Bertz CT molecular complexity index is 1220. The van der Waals surface area contributed by atoms with Gasteiger partial charge < -0.3 is 10.1 Å². The Morgan fingerprint density at radius 2 is 1.79 bits per heavy atom. The highest BCUT2D eigenvalue weighted by Crippen LogP contribution is 2.66. The molecule has 4 aliphatic carbocycles. The van der Waals surface area contributed by atoms with Crippen LogP contribution in [-0.4, -0.2) is 36.4 Å². The van der Waals surface area contributed by atoms with Gasteiger partial charge in [-0.05, 0) is 92.1 Å². The van der Waals surface area contributed by atoms with E-state index in [2.05, 4.69) is 38.2 Å². The monoisotopic (exact) mass is 575 g/mol. The molecule has 5 fully saturated rings. The highest BCUT2D eigenvalue weighted by Gasteiger charge is 2.66. The fourth-order valence-electron chi connectivity index (χ4n) is 10.4. The van der Waals surface area contributed by atoms with Gasteiger partial charge in [-0.25, -0.2) is 0 Å². The van der Waals surface area contributed by atoms with Gasteiger partial charge in [-0.1, -0.05) is 51.1 Å². The molecule has 5 aliphatic rings. The fraction of sp³-hybridized carbons (Fsp3) is 0.722. The van der Waals surface area contributed by atoms with E-state index in [1.165, 1.54) is 0 Å². The van der Waals surface area contributed by atoms with Gasteiger partial charge in [-0.2, -0.15) is 0 Å². The second-order valence-electron chi connectivity index (χ2n) is 14.9. The predicted octanol–water partition coefficient (Wildman–Crippen LogP) is 6.20. The van der Waals surface area contributed by atoms with Crippen LogP contribution in [0.15, 0.2) is 30.3 Å². The SMILES string of the molecule is C[C@H](CCC(=O)OC1(c2ccccc2)CCCCNC1)[C@H]1CC[C@H]2[C@@H]3C(=O)C[C@@H]4CC(=O)CC[C@]4(C)[C@H]3CC(=O)[C@]12C. The number of carbonyl (C=O) groups is 4. The Hall–Kier alpha value is -2.34. The molecule has 0 spiro atoms. The smallest absolute Gasteiger partial charge is 0.306 e. The molecule has 228 valence electrons. The summed E-state index contributed by atoms with van der Waals surface area (Å²) >= 11 is 0. The molecule has 0 bridgehead atoms. The van der Waals surface area contributed by atoms with Crippen molar-refractivity contribution in [1.29, 1.82) is 0 Å². The standard InChI is InChI=1S/C36H49NO5/c1-23(11-14-32(41)42-36(16-7-8-18-37-22-36)24-9-5-4-6-10-24)27-12-13-28-33-29(21-31(40)35(27,28)3)34(2)17-15-26(38)19-25(34)20-30(33)39/h4-6,9-10,23,25,27-29,33,37H,7-8,11-22H2,1-3H3/t23-,25+,27-,28+,29+,33+,34+,35-,36?/m1/s1. The summed E-state index contributed by atoms with van der Waals surface area (Å²) < 4.78 is 6.33. The number of benzene rings is 1. The van der Waals surface area contributed by atoms with Gasteiger partial charge >= 0.3 is 5.97 Å². The first kappa shape index (κ1) is 29.7. The van der Waals surface area contributed by atoms with E-state index in [0.717, 1.165) is 50.6 Å². The minimum atomic E-state index is -0.643. The first-order chi connectivity index (χ1) is 20.1. The minimum Gasteiger partial charge on any atom is -0.453 e. The highest BCUT2D eigenvalue weighted by molar-refractivity contribution is 5.93. The fourth-order valence-corrected chi connectivity index (χ4v) is 10.4. The Morgan fingerprint density at radius 1 is 1.00 bits per heavy atom. The van der Waals surface area contributed by atoms with Crippen LogP contribution in [-0.2, 0) is 29.5 Å². The number of carbonyl (C=O) groups excluding carboxylic acids is 4. The van der Waals surface area contributed by atoms with Gasteiger partial charge in [0.2, 0.25) is 0 Å². The first-order valence-corrected chi connectivity index (χ1v) is 16.6. The van der Waals surface area contributed by atoms with E-state index in [1.54, 1.807) is 0 Å². The predicted molar refractivity (Wildman–Crippen MR) is 160 cm³/mol. The number of ketones is 3. The summed E-state index contributed by atoms with van der Waals surface area (Å²) in [6.45, 7) is 8.14. The number of hydrogen-bond donors (Lipinski definition) is 1. The zero-order valence-electron chi connectivity index (χ0n) is 25.8. The number of rotatable bonds is 6. The Labute approximate surface area is 251 Å². The molecule has 1 heterocycles. The highest BCUT2D eigenvalue weighted by atomic mass is 16.6. The summed E-state index contributed by atoms with van der Waals surface area (Å²) in [4.78, 5) is 53.4. The van der Waals surface area contributed by atoms with Crippen LogP contribution in [0.3, 0.4) is 0 Å². The minimum absolute atomic E-state index is 0.0637. The summed E-state index contributed by atoms with van der Waals surface area (Å²) in [5.74, 6) is 1.21. The van der Waals surface area contributed by atoms with E-state index in [9.17, 15) is 19.2 Å². The average molecular weight is 576 g/mol. The average Bonchev–Trinajstić information content (AvgIpc) is 3.16. The van der Waals surface area contributed by atoms with Gasteiger partial charge in [-0.15, -0.1) is 0 Å². The zero-order valence-corrected chi connectivity index (χ0v) is 25.8. The van der Waals surface area contributed by atoms with Gasteiger partial charge in [0.25, 0.3) is 0 Å². The van der Waals surface area contributed by atoms with Crippen LogP contribution in [0.1, 0.15) is 103 Å². The molecule has 6 rings (SSSR count). The molecule has 1 aromatic rings. The Balaban J connectivity index is 1.15. The van der Waals surface area contributed by atoms with Crippen molar-refractivity contribution in [3.05, 3.63) is 35.9 Å². The van der Waals surface area contributed by atoms with E-state index in [-0.39, 0.29) is 52.7 Å². The van der Waals surface area contributed by atoms with Gasteiger partial charge in [0, 0.05) is 50.0 Å². The molecule has 1 saturated heterocycles. The molecular weight excluding hydrogens is 526 g/mol. The van der Waals surface area contributed by atoms with Crippen molar-refractivity contribution in [1.82, 2.24) is 5.32 Å². The molecule has 4 saturated carbocycles. The van der Waals surface area contributed by atoms with Crippen LogP contribution >= 0.6 is 0 Å². The number of Topliss-reactive ketones (excluding diaryl/α,β-unsaturated/α-hetero) is 3. The molecule has 1 unspecified atom stereocenters. The normalized spacial score (nSPS) is 40.8. The van der Waals surface area contributed by atoms with Crippen molar-refractivity contribution in [2.75, 3.05) is 13.1 Å². The quantitative estimate of drug-likeness (QED) is 0.406. The Kier molecular flexibility index (Phi) is 8.00. The maximum atomic E-state index is 14.1. The lowest BCUT2D eigenvalue weighted by Gasteiger charge is -2.58. The topological polar surface area (TPSA) is 89.5 Å². The van der Waals surface area contributed by atoms with Crippen LogP contribution in [0.5, 0.6) is 0 Å². The summed E-state index contributed by atoms with van der Waals surface area (Å²) in [5.41, 5.74) is -0.219. The van der Waals surface area contributed by atoms with E-state index in [0.29, 0.717) is 56.6 Å². The molecule has 1 aliphatic heterocycles. The molecule has 0 aromatic heterocycles. The molecule has 6 nitrogen and oxygen atoms in total. The van der Waals surface area contributed by atoms with Crippen LogP contribution in [0.2, 0.25) is 0 Å². The number of ether oxygens (including phenoxy) is 1. The maximum Gasteiger partial charge on any atom is 0.306 e. The number of hydrogen-bond acceptors (Lipinski definition) is 6. The maximum absolute atomic E-state index is 14.1. The van der Waals surface area contributed by atoms with Crippen LogP contribution in [0, 0.1) is 46.3 Å². The van der Waals surface area contributed by atoms with Crippen molar-refractivity contribution < 1.29 is 23.9 Å². The Morgan fingerprint density at radius 3 is 2.57 bits per heavy atom. The lowest BCUT2D eigenvalue weighted by molar-refractivity contribution is -0.166. The second kappa shape index (κ2) is 11.3. The summed E-state index contributed by atoms with van der Waals surface area (Å²) in [5, 5.41) is 3.48. The molecule has 42 heavy (non-hydrogen) atoms. The number of nitrogens with one attached hydrogen (secondary N) is 1. The largest absolute Gasteiger partial charge is 0.453 e. The molecule has 9 atom stereocenters. The molecule has 0 radical (unpaired) electrons. The molecule has 1 aromatic carbocycles. The van der Waals surface area contributed by atoms with E-state index in [4.69, 9.17) is 4.74 Å². The lowest BCUT2D eigenvalue weighted by Crippen LogP contribution is -2.60. The van der Waals surface area contributed by atoms with Crippen molar-refractivity contribution in [2.24, 2.45) is 46.3 Å². The van der Waals surface area contributed by atoms with Crippen molar-refractivity contribution in [3.8, 4) is 0 Å². The molecule has 0 amide bonds. The van der Waals surface area contributed by atoms with Gasteiger partial charge in [0.05, 0.1) is 0 Å². The summed E-state index contributed by atoms with van der Waals surface area (Å²) in [7, 11) is 0. The van der Waals surface area contributed by atoms with Crippen molar-refractivity contribution in [3.63, 3.8) is 0 Å². The van der Waals surface area contributed by atoms with Crippen LogP contribution in [0.4, 0.5) is 0 Å². The second-order valence-corrected chi connectivity index (χ2v) is 14.9. The first-order valence-electron chi connectivity index (χ1n) is 16.6. The van der Waals surface area contributed by atoms with E-state index < -0.39 is 11.0 Å². The van der Waals surface area contributed by atoms with Gasteiger partial charge in [0.15, 0.2) is 0 Å². The van der Waals surface area contributed by atoms with Crippen LogP contribution in [0.25, 0.3) is 0 Å². The molecule has 6 heteroatoms. The third kappa shape index (κ3) is 4.90. The van der Waals surface area contributed by atoms with Gasteiger partial charge in [-0.3, -0.25) is 19.2 Å². The molecule has 1 N–H and O–H groups in total. The number of fused-ring (bicyclic) bond motifs is 5. The van der Waals surface area contributed by atoms with E-state index in [1.807, 2.05) is 18.2 Å². The summed E-state index contributed by atoms with van der Waals surface area (Å²) in [6, 6.07) is 10.1.